The molecule has 4 atom stereocenters. The number of aromatic nitrogens is 1. The zero-order valence-corrected chi connectivity index (χ0v) is 19.6. The third-order valence-corrected chi connectivity index (χ3v) is 8.57. The Bertz CT molecular complexity index is 1120. The van der Waals surface area contributed by atoms with Crippen LogP contribution in [-0.4, -0.2) is 48.9 Å². The highest BCUT2D eigenvalue weighted by Gasteiger charge is 2.70. The quantitative estimate of drug-likeness (QED) is 0.736. The van der Waals surface area contributed by atoms with Crippen molar-refractivity contribution >= 4 is 5.97 Å². The van der Waals surface area contributed by atoms with Crippen LogP contribution in [0.4, 0.5) is 0 Å². The van der Waals surface area contributed by atoms with Crippen LogP contribution in [0.2, 0.25) is 0 Å². The highest BCUT2D eigenvalue weighted by atomic mass is 16.5. The monoisotopic (exact) mass is 436 g/mol. The Hall–Kier alpha value is -2.31. The second-order valence-corrected chi connectivity index (χ2v) is 10.5. The lowest BCUT2D eigenvalue weighted by Crippen LogP contribution is -2.70. The molecule has 2 aliphatic carbocycles. The van der Waals surface area contributed by atoms with Gasteiger partial charge in [-0.25, -0.2) is 4.79 Å². The fourth-order valence-corrected chi connectivity index (χ4v) is 7.08. The number of benzene rings is 1. The van der Waals surface area contributed by atoms with Gasteiger partial charge in [-0.1, -0.05) is 19.9 Å². The molecule has 6 nitrogen and oxygen atoms in total. The molecule has 170 valence electrons. The van der Waals surface area contributed by atoms with Gasteiger partial charge in [0.25, 0.3) is 0 Å². The zero-order chi connectivity index (χ0) is 22.4. The highest BCUT2D eigenvalue weighted by Crippen LogP contribution is 2.68. The van der Waals surface area contributed by atoms with E-state index in [1.54, 1.807) is 0 Å². The van der Waals surface area contributed by atoms with Crippen LogP contribution in [0, 0.1) is 18.8 Å². The number of rotatable bonds is 4. The van der Waals surface area contributed by atoms with Crippen LogP contribution in [0.1, 0.15) is 64.7 Å². The number of H-pyrrole nitrogens is 1. The standard InChI is InChI=1S/C26H32N2O4/c1-14(2)13-31-24(29)17-7-6-16-11-26(30-5)19-10-18-15(3)12-27-21(18)23-25(19,8-9-28(26)4)20(16)22(17)32-23/h6-7,12,14,19,23,27H,8-11,13H2,1-5H3/t19-,23+,25+,26+/m1/s1. The Morgan fingerprint density at radius 1 is 1.38 bits per heavy atom. The topological polar surface area (TPSA) is 63.8 Å². The van der Waals surface area contributed by atoms with E-state index in [4.69, 9.17) is 14.2 Å². The molecule has 1 aromatic heterocycles. The number of ether oxygens (including phenoxy) is 3. The predicted molar refractivity (Wildman–Crippen MR) is 120 cm³/mol. The number of nitrogens with one attached hydrogen (secondary N) is 1. The number of likely N-dealkylation sites (tertiary alicyclic amines) is 1. The number of fused-ring (bicyclic) bond motifs is 2. The summed E-state index contributed by atoms with van der Waals surface area (Å²) in [7, 11) is 4.04. The van der Waals surface area contributed by atoms with Gasteiger partial charge in [0.1, 0.15) is 23.1 Å². The van der Waals surface area contributed by atoms with Crippen LogP contribution in [0.3, 0.4) is 0 Å². The fraction of sp³-hybridized carbons (Fsp3) is 0.577. The summed E-state index contributed by atoms with van der Waals surface area (Å²) in [5.74, 6) is 0.988. The molecule has 1 fully saturated rings. The number of nitrogens with zero attached hydrogens (tertiary/aromatic N) is 1. The van der Waals surface area contributed by atoms with Crippen molar-refractivity contribution in [3.05, 3.63) is 51.8 Å². The average Bonchev–Trinajstić information content (AvgIpc) is 3.31. The number of aryl methyl sites for hydroxylation is 1. The molecule has 2 aromatic rings. The number of carbonyl (C=O) groups is 1. The maximum atomic E-state index is 13.1. The number of hydrogen-bond acceptors (Lipinski definition) is 5. The van der Waals surface area contributed by atoms with Crippen molar-refractivity contribution in [2.24, 2.45) is 11.8 Å². The van der Waals surface area contributed by atoms with Crippen LogP contribution >= 0.6 is 0 Å². The lowest BCUT2D eigenvalue weighted by molar-refractivity contribution is -0.223. The van der Waals surface area contributed by atoms with Gasteiger partial charge in [-0.3, -0.25) is 4.90 Å². The normalized spacial score (nSPS) is 31.8. The van der Waals surface area contributed by atoms with Gasteiger partial charge in [0.05, 0.1) is 17.7 Å². The van der Waals surface area contributed by atoms with Crippen molar-refractivity contribution in [2.75, 3.05) is 27.3 Å². The minimum absolute atomic E-state index is 0.138. The molecule has 1 spiro atoms. The molecule has 0 saturated carbocycles. The molecule has 6 heteroatoms. The number of piperidine rings is 1. The minimum Gasteiger partial charge on any atom is -0.482 e. The maximum Gasteiger partial charge on any atom is 0.341 e. The van der Waals surface area contributed by atoms with Gasteiger partial charge in [-0.15, -0.1) is 0 Å². The Morgan fingerprint density at radius 3 is 2.94 bits per heavy atom. The smallest absolute Gasteiger partial charge is 0.341 e. The number of aromatic amines is 1. The lowest BCUT2D eigenvalue weighted by Gasteiger charge is -2.62. The lowest BCUT2D eigenvalue weighted by atomic mass is 9.50. The van der Waals surface area contributed by atoms with Crippen LogP contribution < -0.4 is 4.74 Å². The fourth-order valence-electron chi connectivity index (χ4n) is 7.08. The van der Waals surface area contributed by atoms with E-state index < -0.39 is 0 Å². The summed E-state index contributed by atoms with van der Waals surface area (Å²) < 4.78 is 18.8. The highest BCUT2D eigenvalue weighted by molar-refractivity contribution is 5.94. The largest absolute Gasteiger partial charge is 0.482 e. The number of hydrogen-bond donors (Lipinski definition) is 1. The van der Waals surface area contributed by atoms with Gasteiger partial charge in [0.2, 0.25) is 0 Å². The molecule has 1 aromatic carbocycles. The molecular weight excluding hydrogens is 404 g/mol. The number of esters is 1. The van der Waals surface area contributed by atoms with Crippen LogP contribution in [0.5, 0.6) is 5.75 Å². The third kappa shape index (κ3) is 2.30. The van der Waals surface area contributed by atoms with Crippen molar-refractivity contribution < 1.29 is 19.0 Å². The first-order chi connectivity index (χ1) is 15.3. The van der Waals surface area contributed by atoms with Gasteiger partial charge < -0.3 is 19.2 Å². The van der Waals surface area contributed by atoms with E-state index in [0.29, 0.717) is 12.2 Å². The average molecular weight is 437 g/mol. The second kappa shape index (κ2) is 6.61. The first kappa shape index (κ1) is 20.3. The predicted octanol–water partition coefficient (Wildman–Crippen LogP) is 3.91. The Labute approximate surface area is 189 Å². The first-order valence-corrected chi connectivity index (χ1v) is 11.8. The van der Waals surface area contributed by atoms with E-state index >= 15 is 0 Å². The SMILES string of the molecule is CO[C@]12Cc3ccc(C(=O)OCC(C)C)c4c3[C@]3(CCN1C)[C@H]2Cc1c(C)c[nH]c1[C@@H]3O4. The minimum atomic E-state index is -0.379. The van der Waals surface area contributed by atoms with E-state index in [9.17, 15) is 4.79 Å². The summed E-state index contributed by atoms with van der Waals surface area (Å²) in [5, 5.41) is 0. The van der Waals surface area contributed by atoms with Gasteiger partial charge in [0.15, 0.2) is 0 Å². The summed E-state index contributed by atoms with van der Waals surface area (Å²) >= 11 is 0. The first-order valence-electron chi connectivity index (χ1n) is 11.8. The molecule has 2 aliphatic heterocycles. The molecule has 0 radical (unpaired) electrons. The summed E-state index contributed by atoms with van der Waals surface area (Å²) in [6.07, 6.45) is 4.68. The van der Waals surface area contributed by atoms with Crippen LogP contribution in [-0.2, 0) is 27.7 Å². The summed E-state index contributed by atoms with van der Waals surface area (Å²) in [5.41, 5.74) is 6.21. The van der Waals surface area contributed by atoms with Crippen molar-refractivity contribution in [3.8, 4) is 5.75 Å². The second-order valence-electron chi connectivity index (χ2n) is 10.5. The third-order valence-electron chi connectivity index (χ3n) is 8.57. The van der Waals surface area contributed by atoms with Crippen LogP contribution in [0.25, 0.3) is 0 Å². The van der Waals surface area contributed by atoms with Crippen LogP contribution in [0.15, 0.2) is 18.3 Å². The summed E-state index contributed by atoms with van der Waals surface area (Å²) in [6.45, 7) is 7.60. The van der Waals surface area contributed by atoms with Crippen molar-refractivity contribution in [1.29, 1.82) is 0 Å². The van der Waals surface area contributed by atoms with Crippen molar-refractivity contribution in [3.63, 3.8) is 0 Å². The molecule has 0 amide bonds. The van der Waals surface area contributed by atoms with E-state index in [1.807, 2.05) is 27.0 Å². The molecule has 1 N–H and O–H groups in total. The summed E-state index contributed by atoms with van der Waals surface area (Å²) in [6, 6.07) is 4.00. The number of methoxy groups -OCH3 is 1. The Kier molecular flexibility index (Phi) is 4.19. The summed E-state index contributed by atoms with van der Waals surface area (Å²) in [4.78, 5) is 19.0. The number of carbonyl (C=O) groups excluding carboxylic acids is 1. The van der Waals surface area contributed by atoms with Gasteiger partial charge in [-0.2, -0.15) is 0 Å². The van der Waals surface area contributed by atoms with E-state index in [-0.39, 0.29) is 35.0 Å². The Balaban J connectivity index is 1.58. The van der Waals surface area contributed by atoms with Crippen molar-refractivity contribution in [1.82, 2.24) is 9.88 Å². The molecule has 3 heterocycles. The molecular formula is C26H32N2O4. The maximum absolute atomic E-state index is 13.1. The molecule has 6 rings (SSSR count). The van der Waals surface area contributed by atoms with E-state index in [0.717, 1.165) is 31.6 Å². The molecule has 4 aliphatic rings. The molecule has 32 heavy (non-hydrogen) atoms. The zero-order valence-electron chi connectivity index (χ0n) is 19.6. The van der Waals surface area contributed by atoms with Gasteiger partial charge >= 0.3 is 5.97 Å². The molecule has 1 saturated heterocycles. The molecule has 0 unspecified atom stereocenters. The van der Waals surface area contributed by atoms with Gasteiger partial charge in [0, 0.05) is 37.8 Å². The van der Waals surface area contributed by atoms with E-state index in [1.165, 1.54) is 27.9 Å². The molecule has 2 bridgehead atoms. The number of likely N-dealkylation sites (N-methyl/N-ethyl adjacent to an activating group) is 1. The van der Waals surface area contributed by atoms with Gasteiger partial charge in [-0.05, 0) is 55.5 Å². The Morgan fingerprint density at radius 2 is 2.19 bits per heavy atom. The van der Waals surface area contributed by atoms with Crippen molar-refractivity contribution in [2.45, 2.75) is 57.3 Å². The van der Waals surface area contributed by atoms with E-state index in [2.05, 4.69) is 36.1 Å².